The van der Waals surface area contributed by atoms with Crippen molar-refractivity contribution in [3.05, 3.63) is 60.4 Å². The lowest BCUT2D eigenvalue weighted by Crippen LogP contribution is -2.24. The van der Waals surface area contributed by atoms with Gasteiger partial charge in [-0.3, -0.25) is 0 Å². The second-order valence-corrected chi connectivity index (χ2v) is 6.80. The second kappa shape index (κ2) is 15.3. The zero-order valence-electron chi connectivity index (χ0n) is 14.8. The first-order valence-corrected chi connectivity index (χ1v) is 9.16. The Hall–Kier alpha value is -1.76. The van der Waals surface area contributed by atoms with Gasteiger partial charge in [0.1, 0.15) is 25.1 Å². The highest BCUT2D eigenvalue weighted by Crippen LogP contribution is 2.21. The van der Waals surface area contributed by atoms with Crippen LogP contribution in [0.2, 0.25) is 0 Å². The van der Waals surface area contributed by atoms with Gasteiger partial charge >= 0.3 is 5.97 Å². The first-order valence-electron chi connectivity index (χ1n) is 8.00. The van der Waals surface area contributed by atoms with Gasteiger partial charge in [0.25, 0.3) is 0 Å². The zero-order chi connectivity index (χ0) is 18.7. The average Bonchev–Trinajstić information content (AvgIpc) is 2.60. The predicted octanol–water partition coefficient (Wildman–Crippen LogP) is 4.74. The molecule has 0 radical (unpaired) electrons. The van der Waals surface area contributed by atoms with E-state index in [-0.39, 0.29) is 33.6 Å². The summed E-state index contributed by atoms with van der Waals surface area (Å²) in [5.41, 5.74) is 1.57. The van der Waals surface area contributed by atoms with Crippen molar-refractivity contribution in [1.82, 2.24) is 0 Å². The van der Waals surface area contributed by atoms with E-state index in [4.69, 9.17) is 14.5 Å². The quantitative estimate of drug-likeness (QED) is 0.180. The summed E-state index contributed by atoms with van der Waals surface area (Å²) < 4.78 is 4.81. The number of thioether (sulfide) groups is 1. The van der Waals surface area contributed by atoms with Crippen LogP contribution in [0, 0.1) is 0 Å². The van der Waals surface area contributed by atoms with Gasteiger partial charge in [0, 0.05) is 11.3 Å². The SMILES string of the molecule is C.C.C=C(CSCC(C)c1ccccc1)OOCC(O)COC(=O)C(=C)C. The number of esters is 1. The van der Waals surface area contributed by atoms with Gasteiger partial charge < -0.3 is 14.7 Å². The van der Waals surface area contributed by atoms with Gasteiger partial charge in [-0.2, -0.15) is 16.6 Å². The van der Waals surface area contributed by atoms with Gasteiger partial charge in [0.15, 0.2) is 0 Å². The third-order valence-corrected chi connectivity index (χ3v) is 4.45. The Balaban J connectivity index is 0. The monoisotopic (exact) mass is 398 g/mol. The summed E-state index contributed by atoms with van der Waals surface area (Å²) in [5.74, 6) is 1.89. The molecule has 0 aliphatic carbocycles. The van der Waals surface area contributed by atoms with E-state index in [2.05, 4.69) is 32.2 Å². The first-order chi connectivity index (χ1) is 11.9. The summed E-state index contributed by atoms with van der Waals surface area (Å²) in [6.07, 6.45) is -0.971. The van der Waals surface area contributed by atoms with Gasteiger partial charge in [-0.25, -0.2) is 4.79 Å². The number of hydrogen-bond donors (Lipinski definition) is 1. The minimum atomic E-state index is -0.971. The lowest BCUT2D eigenvalue weighted by atomic mass is 10.0. The molecular formula is C21H34O5S. The van der Waals surface area contributed by atoms with Crippen LogP contribution >= 0.6 is 11.8 Å². The fraction of sp³-hybridized carbons (Fsp3) is 0.476. The van der Waals surface area contributed by atoms with E-state index in [9.17, 15) is 9.90 Å². The van der Waals surface area contributed by atoms with Crippen LogP contribution in [0.4, 0.5) is 0 Å². The van der Waals surface area contributed by atoms with Crippen molar-refractivity contribution >= 4 is 17.7 Å². The van der Waals surface area contributed by atoms with E-state index in [1.165, 1.54) is 12.5 Å². The molecule has 0 aliphatic rings. The molecule has 0 saturated carbocycles. The van der Waals surface area contributed by atoms with Crippen molar-refractivity contribution in [2.75, 3.05) is 24.7 Å². The third kappa shape index (κ3) is 12.3. The molecule has 27 heavy (non-hydrogen) atoms. The van der Waals surface area contributed by atoms with Crippen LogP contribution in [0.1, 0.15) is 40.2 Å². The van der Waals surface area contributed by atoms with Crippen molar-refractivity contribution in [3.63, 3.8) is 0 Å². The van der Waals surface area contributed by atoms with Crippen molar-refractivity contribution in [2.24, 2.45) is 0 Å². The maximum absolute atomic E-state index is 11.2. The molecule has 0 aliphatic heterocycles. The Morgan fingerprint density at radius 1 is 1.19 bits per heavy atom. The number of rotatable bonds is 12. The summed E-state index contributed by atoms with van der Waals surface area (Å²) in [6.45, 7) is 10.6. The molecule has 0 heterocycles. The van der Waals surface area contributed by atoms with E-state index in [0.717, 1.165) is 5.75 Å². The second-order valence-electron chi connectivity index (χ2n) is 5.77. The van der Waals surface area contributed by atoms with Crippen molar-refractivity contribution < 1.29 is 24.4 Å². The topological polar surface area (TPSA) is 65.0 Å². The number of carbonyl (C=O) groups is 1. The molecule has 0 fully saturated rings. The highest BCUT2D eigenvalue weighted by molar-refractivity contribution is 7.99. The van der Waals surface area contributed by atoms with Gasteiger partial charge in [-0.1, -0.05) is 65.3 Å². The molecule has 0 aromatic heterocycles. The number of aliphatic hydroxyl groups excluding tert-OH is 1. The molecule has 6 heteroatoms. The van der Waals surface area contributed by atoms with Crippen LogP contribution < -0.4 is 0 Å². The molecule has 2 unspecified atom stereocenters. The lowest BCUT2D eigenvalue weighted by Gasteiger charge is -2.13. The molecule has 1 aromatic carbocycles. The summed E-state index contributed by atoms with van der Waals surface area (Å²) in [4.78, 5) is 21.1. The van der Waals surface area contributed by atoms with Gasteiger partial charge in [-0.05, 0) is 18.4 Å². The normalized spacial score (nSPS) is 12.0. The summed E-state index contributed by atoms with van der Waals surface area (Å²) in [6, 6.07) is 10.3. The van der Waals surface area contributed by atoms with Crippen LogP contribution in [-0.2, 0) is 19.3 Å². The Labute approximate surface area is 168 Å². The summed E-state index contributed by atoms with van der Waals surface area (Å²) in [5, 5.41) is 9.62. The number of aliphatic hydroxyl groups is 1. The molecule has 0 amide bonds. The van der Waals surface area contributed by atoms with Crippen LogP contribution in [0.3, 0.4) is 0 Å². The number of hydrogen-bond acceptors (Lipinski definition) is 6. The Morgan fingerprint density at radius 3 is 2.41 bits per heavy atom. The summed E-state index contributed by atoms with van der Waals surface area (Å²) in [7, 11) is 0. The minimum Gasteiger partial charge on any atom is -0.459 e. The van der Waals surface area contributed by atoms with E-state index in [1.807, 2.05) is 18.2 Å². The number of ether oxygens (including phenoxy) is 1. The van der Waals surface area contributed by atoms with E-state index < -0.39 is 12.1 Å². The Bertz CT molecular complexity index is 559. The maximum atomic E-state index is 11.2. The molecule has 0 saturated heterocycles. The molecule has 0 spiro atoms. The fourth-order valence-electron chi connectivity index (χ4n) is 1.79. The van der Waals surface area contributed by atoms with Crippen LogP contribution in [0.25, 0.3) is 0 Å². The first kappa shape index (κ1) is 27.5. The predicted molar refractivity (Wildman–Crippen MR) is 114 cm³/mol. The third-order valence-electron chi connectivity index (χ3n) is 3.19. The van der Waals surface area contributed by atoms with Gasteiger partial charge in [0.05, 0.1) is 5.75 Å². The Kier molecular flexibility index (Phi) is 15.6. The van der Waals surface area contributed by atoms with Crippen LogP contribution in [0.15, 0.2) is 54.8 Å². The van der Waals surface area contributed by atoms with Crippen molar-refractivity contribution in [3.8, 4) is 0 Å². The molecule has 2 atom stereocenters. The fourth-order valence-corrected chi connectivity index (χ4v) is 2.73. The van der Waals surface area contributed by atoms with Crippen molar-refractivity contribution in [2.45, 2.75) is 40.7 Å². The summed E-state index contributed by atoms with van der Waals surface area (Å²) >= 11 is 1.69. The van der Waals surface area contributed by atoms with Gasteiger partial charge in [0.2, 0.25) is 0 Å². The Morgan fingerprint density at radius 2 is 1.81 bits per heavy atom. The maximum Gasteiger partial charge on any atom is 0.333 e. The zero-order valence-corrected chi connectivity index (χ0v) is 15.6. The van der Waals surface area contributed by atoms with E-state index in [0.29, 0.717) is 17.4 Å². The largest absolute Gasteiger partial charge is 0.459 e. The molecular weight excluding hydrogens is 364 g/mol. The molecule has 154 valence electrons. The lowest BCUT2D eigenvalue weighted by molar-refractivity contribution is -0.275. The molecule has 1 N–H and O–H groups in total. The highest BCUT2D eigenvalue weighted by atomic mass is 32.2. The standard InChI is InChI=1S/C19H26O5S.2CH4/c1-14(2)19(21)22-10-18(20)11-23-24-16(4)13-25-12-15(3)17-8-6-5-7-9-17;;/h5-9,15,18,20H,1,4,10-13H2,2-3H3;2*1H4. The number of benzene rings is 1. The molecule has 1 aromatic rings. The minimum absolute atomic E-state index is 0. The van der Waals surface area contributed by atoms with E-state index in [1.54, 1.807) is 11.8 Å². The van der Waals surface area contributed by atoms with Crippen molar-refractivity contribution in [1.29, 1.82) is 0 Å². The molecule has 0 bridgehead atoms. The molecule has 1 rings (SSSR count). The average molecular weight is 399 g/mol. The smallest absolute Gasteiger partial charge is 0.333 e. The van der Waals surface area contributed by atoms with E-state index >= 15 is 0 Å². The van der Waals surface area contributed by atoms with Crippen LogP contribution in [-0.4, -0.2) is 41.9 Å². The molecule has 5 nitrogen and oxygen atoms in total. The van der Waals surface area contributed by atoms with Crippen LogP contribution in [0.5, 0.6) is 0 Å². The highest BCUT2D eigenvalue weighted by Gasteiger charge is 2.11. The van der Waals surface area contributed by atoms with Gasteiger partial charge in [-0.15, -0.1) is 0 Å². The number of carbonyl (C=O) groups excluding carboxylic acids is 1.